The molecule has 3 rings (SSSR count). The van der Waals surface area contributed by atoms with E-state index in [1.54, 1.807) is 30.8 Å². The third kappa shape index (κ3) is 6.73. The Kier molecular flexibility index (Phi) is 7.91. The van der Waals surface area contributed by atoms with E-state index in [-0.39, 0.29) is 36.1 Å². The van der Waals surface area contributed by atoms with Gasteiger partial charge in [-0.15, -0.1) is 0 Å². The normalized spacial score (nSPS) is 11.7. The van der Waals surface area contributed by atoms with E-state index in [0.717, 1.165) is 11.3 Å². The number of rotatable bonds is 10. The molecule has 3 aromatic rings. The summed E-state index contributed by atoms with van der Waals surface area (Å²) in [4.78, 5) is 35.9. The summed E-state index contributed by atoms with van der Waals surface area (Å²) in [5, 5.41) is 18.6. The minimum Gasteiger partial charge on any atom is -0.463 e. The van der Waals surface area contributed by atoms with E-state index >= 15 is 0 Å². The lowest BCUT2D eigenvalue weighted by atomic mass is 10.0. The summed E-state index contributed by atoms with van der Waals surface area (Å²) in [6, 6.07) is 14.8. The second kappa shape index (κ2) is 11.0. The average molecular weight is 450 g/mol. The zero-order valence-corrected chi connectivity index (χ0v) is 18.5. The van der Waals surface area contributed by atoms with Crippen LogP contribution in [0.1, 0.15) is 43.9 Å². The molecular weight excluding hydrogens is 424 g/mol. The van der Waals surface area contributed by atoms with E-state index in [4.69, 9.17) is 4.74 Å². The second-order valence-electron chi connectivity index (χ2n) is 7.81. The Labute approximate surface area is 191 Å². The number of ether oxygens (including phenoxy) is 1. The zero-order chi connectivity index (χ0) is 23.8. The lowest BCUT2D eigenvalue weighted by Gasteiger charge is -2.19. The molecule has 1 unspecified atom stereocenters. The fraction of sp³-hybridized carbons (Fsp3) is 0.292. The third-order valence-electron chi connectivity index (χ3n) is 4.88. The Morgan fingerprint density at radius 2 is 1.82 bits per heavy atom. The standard InChI is InChI=1S/C24H26N4O5/c1-17(2)33-24(30)14-21(20-10-6-7-11-22(20)28(31)32)26-23(29)13-12-18-15-25-27(16-18)19-8-4-3-5-9-19/h3-11,15-17,21H,12-14H2,1-2H3,(H,26,29). The van der Waals surface area contributed by atoms with Gasteiger partial charge in [0.05, 0.1) is 40.9 Å². The molecule has 172 valence electrons. The highest BCUT2D eigenvalue weighted by molar-refractivity contribution is 5.78. The van der Waals surface area contributed by atoms with Crippen LogP contribution in [0.5, 0.6) is 0 Å². The quantitative estimate of drug-likeness (QED) is 0.284. The smallest absolute Gasteiger partial charge is 0.308 e. The first-order valence-corrected chi connectivity index (χ1v) is 10.6. The number of aryl methyl sites for hydroxylation is 1. The van der Waals surface area contributed by atoms with Crippen molar-refractivity contribution < 1.29 is 19.2 Å². The number of nitro groups is 1. The molecule has 33 heavy (non-hydrogen) atoms. The van der Waals surface area contributed by atoms with Gasteiger partial charge in [0.2, 0.25) is 5.91 Å². The number of aromatic nitrogens is 2. The Morgan fingerprint density at radius 3 is 2.52 bits per heavy atom. The van der Waals surface area contributed by atoms with E-state index < -0.39 is 16.9 Å². The first-order chi connectivity index (χ1) is 15.8. The molecule has 1 N–H and O–H groups in total. The molecule has 0 aliphatic heterocycles. The van der Waals surface area contributed by atoms with Crippen molar-refractivity contribution in [1.82, 2.24) is 15.1 Å². The van der Waals surface area contributed by atoms with E-state index in [2.05, 4.69) is 10.4 Å². The molecule has 0 fully saturated rings. The zero-order valence-electron chi connectivity index (χ0n) is 18.5. The predicted octanol–water partition coefficient (Wildman–Crippen LogP) is 3.91. The average Bonchev–Trinajstić information content (AvgIpc) is 3.26. The summed E-state index contributed by atoms with van der Waals surface area (Å²) in [6.07, 6.45) is 3.57. The molecule has 1 amide bonds. The Hall–Kier alpha value is -4.01. The number of nitro benzene ring substituents is 1. The number of nitrogens with zero attached hydrogens (tertiary/aromatic N) is 3. The molecule has 0 saturated carbocycles. The van der Waals surface area contributed by atoms with Gasteiger partial charge in [0.25, 0.3) is 5.69 Å². The van der Waals surface area contributed by atoms with Gasteiger partial charge in [0, 0.05) is 18.7 Å². The maximum absolute atomic E-state index is 12.7. The lowest BCUT2D eigenvalue weighted by Crippen LogP contribution is -2.31. The van der Waals surface area contributed by atoms with Crippen molar-refractivity contribution in [2.45, 2.75) is 45.3 Å². The van der Waals surface area contributed by atoms with Crippen molar-refractivity contribution in [2.75, 3.05) is 0 Å². The van der Waals surface area contributed by atoms with E-state index in [9.17, 15) is 19.7 Å². The number of carbonyl (C=O) groups excluding carboxylic acids is 2. The lowest BCUT2D eigenvalue weighted by molar-refractivity contribution is -0.385. The van der Waals surface area contributed by atoms with Crippen LogP contribution in [0.3, 0.4) is 0 Å². The highest BCUT2D eigenvalue weighted by atomic mass is 16.6. The van der Waals surface area contributed by atoms with E-state index in [1.165, 1.54) is 18.2 Å². The van der Waals surface area contributed by atoms with Crippen LogP contribution in [-0.4, -0.2) is 32.7 Å². The molecular formula is C24H26N4O5. The van der Waals surface area contributed by atoms with Gasteiger partial charge in [0.15, 0.2) is 0 Å². The number of hydrogen-bond donors (Lipinski definition) is 1. The van der Waals surface area contributed by atoms with Crippen LogP contribution in [0.4, 0.5) is 5.69 Å². The SMILES string of the molecule is CC(C)OC(=O)CC(NC(=O)CCc1cnn(-c2ccccc2)c1)c1ccccc1[N+](=O)[O-]. The second-order valence-corrected chi connectivity index (χ2v) is 7.81. The monoisotopic (exact) mass is 450 g/mol. The van der Waals surface area contributed by atoms with Crippen LogP contribution in [0.2, 0.25) is 0 Å². The number of hydrogen-bond acceptors (Lipinski definition) is 6. The summed E-state index contributed by atoms with van der Waals surface area (Å²) < 4.78 is 6.91. The topological polar surface area (TPSA) is 116 Å². The summed E-state index contributed by atoms with van der Waals surface area (Å²) in [7, 11) is 0. The van der Waals surface area contributed by atoms with Crippen LogP contribution >= 0.6 is 0 Å². The Bertz CT molecular complexity index is 1110. The molecule has 0 spiro atoms. The van der Waals surface area contributed by atoms with Gasteiger partial charge in [-0.2, -0.15) is 5.10 Å². The maximum atomic E-state index is 12.7. The molecule has 1 heterocycles. The molecule has 0 saturated heterocycles. The molecule has 0 aliphatic rings. The van der Waals surface area contributed by atoms with Gasteiger partial charge in [-0.3, -0.25) is 19.7 Å². The summed E-state index contributed by atoms with van der Waals surface area (Å²) in [6.45, 7) is 3.43. The minimum atomic E-state index is -0.877. The number of para-hydroxylation sites is 2. The molecule has 0 radical (unpaired) electrons. The van der Waals surface area contributed by atoms with Gasteiger partial charge in [-0.25, -0.2) is 4.68 Å². The maximum Gasteiger partial charge on any atom is 0.308 e. The molecule has 9 heteroatoms. The van der Waals surface area contributed by atoms with E-state index in [0.29, 0.717) is 6.42 Å². The Morgan fingerprint density at radius 1 is 1.12 bits per heavy atom. The highest BCUT2D eigenvalue weighted by Gasteiger charge is 2.26. The number of carbonyl (C=O) groups is 2. The van der Waals surface area contributed by atoms with E-state index in [1.807, 2.05) is 36.5 Å². The van der Waals surface area contributed by atoms with Crippen molar-refractivity contribution in [3.8, 4) is 5.69 Å². The fourth-order valence-corrected chi connectivity index (χ4v) is 3.40. The predicted molar refractivity (Wildman–Crippen MR) is 122 cm³/mol. The molecule has 1 atom stereocenters. The Balaban J connectivity index is 1.69. The van der Waals surface area contributed by atoms with Gasteiger partial charge in [0.1, 0.15) is 0 Å². The summed E-state index contributed by atoms with van der Waals surface area (Å²) in [5.41, 5.74) is 1.88. The van der Waals surface area contributed by atoms with Crippen molar-refractivity contribution in [3.63, 3.8) is 0 Å². The summed E-state index contributed by atoms with van der Waals surface area (Å²) in [5.74, 6) is -0.874. The van der Waals surface area contributed by atoms with Crippen molar-refractivity contribution >= 4 is 17.6 Å². The molecule has 0 aliphatic carbocycles. The van der Waals surface area contributed by atoms with Crippen LogP contribution in [-0.2, 0) is 20.7 Å². The van der Waals surface area contributed by atoms with Crippen LogP contribution in [0.15, 0.2) is 67.0 Å². The number of benzene rings is 2. The highest BCUT2D eigenvalue weighted by Crippen LogP contribution is 2.27. The first kappa shape index (κ1) is 23.6. The van der Waals surface area contributed by atoms with Crippen LogP contribution in [0.25, 0.3) is 5.69 Å². The molecule has 1 aromatic heterocycles. The fourth-order valence-electron chi connectivity index (χ4n) is 3.40. The van der Waals surface area contributed by atoms with Crippen molar-refractivity contribution in [2.24, 2.45) is 0 Å². The largest absolute Gasteiger partial charge is 0.463 e. The minimum absolute atomic E-state index is 0.136. The first-order valence-electron chi connectivity index (χ1n) is 10.6. The van der Waals surface area contributed by atoms with Gasteiger partial charge in [-0.05, 0) is 38.0 Å². The number of nitrogens with one attached hydrogen (secondary N) is 1. The van der Waals surface area contributed by atoms with Gasteiger partial charge in [-0.1, -0.05) is 36.4 Å². The van der Waals surface area contributed by atoms with Crippen molar-refractivity contribution in [3.05, 3.63) is 88.2 Å². The third-order valence-corrected chi connectivity index (χ3v) is 4.88. The van der Waals surface area contributed by atoms with Crippen LogP contribution in [0, 0.1) is 10.1 Å². The molecule has 2 aromatic carbocycles. The van der Waals surface area contributed by atoms with Gasteiger partial charge >= 0.3 is 5.97 Å². The number of esters is 1. The summed E-state index contributed by atoms with van der Waals surface area (Å²) >= 11 is 0. The molecule has 0 bridgehead atoms. The van der Waals surface area contributed by atoms with Crippen LogP contribution < -0.4 is 5.32 Å². The number of amides is 1. The van der Waals surface area contributed by atoms with Crippen molar-refractivity contribution in [1.29, 1.82) is 0 Å². The van der Waals surface area contributed by atoms with Gasteiger partial charge < -0.3 is 10.1 Å². The molecule has 9 nitrogen and oxygen atoms in total.